The molecule has 0 aromatic carbocycles. The Morgan fingerprint density at radius 1 is 1.13 bits per heavy atom. The van der Waals surface area contributed by atoms with Crippen LogP contribution in [-0.4, -0.2) is 37.1 Å². The van der Waals surface area contributed by atoms with Crippen molar-refractivity contribution in [2.45, 2.75) is 46.5 Å². The van der Waals surface area contributed by atoms with Gasteiger partial charge in [0, 0.05) is 0 Å². The minimum absolute atomic E-state index is 0.102. The summed E-state index contributed by atoms with van der Waals surface area (Å²) in [5, 5.41) is 0. The third-order valence-corrected chi connectivity index (χ3v) is 2.43. The van der Waals surface area contributed by atoms with E-state index in [-0.39, 0.29) is 5.97 Å². The Bertz CT molecular complexity index is 160. The van der Waals surface area contributed by atoms with Crippen LogP contribution in [0.1, 0.15) is 46.5 Å². The Balaban J connectivity index is 3.58. The van der Waals surface area contributed by atoms with Crippen LogP contribution >= 0.6 is 0 Å². The molecule has 90 valence electrons. The summed E-state index contributed by atoms with van der Waals surface area (Å²) in [6, 6.07) is 0. The first-order valence-electron chi connectivity index (χ1n) is 6.12. The van der Waals surface area contributed by atoms with Crippen molar-refractivity contribution in [1.29, 1.82) is 0 Å². The first-order chi connectivity index (χ1) is 7.24. The van der Waals surface area contributed by atoms with E-state index in [0.717, 1.165) is 13.1 Å². The Kier molecular flexibility index (Phi) is 9.59. The van der Waals surface area contributed by atoms with E-state index in [4.69, 9.17) is 4.74 Å². The number of hydrogen-bond acceptors (Lipinski definition) is 3. The van der Waals surface area contributed by atoms with Gasteiger partial charge in [-0.05, 0) is 26.4 Å². The third kappa shape index (κ3) is 8.43. The lowest BCUT2D eigenvalue weighted by molar-refractivity contribution is -0.144. The molecule has 0 radical (unpaired) electrons. The molecule has 0 saturated heterocycles. The first-order valence-corrected chi connectivity index (χ1v) is 6.12. The predicted octanol–water partition coefficient (Wildman–Crippen LogP) is 2.45. The second-order valence-electron chi connectivity index (χ2n) is 3.73. The zero-order chi connectivity index (χ0) is 11.5. The average molecular weight is 215 g/mol. The summed E-state index contributed by atoms with van der Waals surface area (Å²) < 4.78 is 4.92. The zero-order valence-corrected chi connectivity index (χ0v) is 10.4. The molecule has 0 fully saturated rings. The maximum atomic E-state index is 11.2. The van der Waals surface area contributed by atoms with Gasteiger partial charge in [-0.25, -0.2) is 0 Å². The van der Waals surface area contributed by atoms with Gasteiger partial charge >= 0.3 is 5.97 Å². The van der Waals surface area contributed by atoms with E-state index in [1.807, 2.05) is 6.92 Å². The first kappa shape index (κ1) is 14.4. The highest BCUT2D eigenvalue weighted by atomic mass is 16.5. The van der Waals surface area contributed by atoms with Crippen LogP contribution in [0.5, 0.6) is 0 Å². The summed E-state index contributed by atoms with van der Waals surface area (Å²) in [4.78, 5) is 13.4. The van der Waals surface area contributed by atoms with Gasteiger partial charge in [-0.2, -0.15) is 0 Å². The number of carbonyl (C=O) groups is 1. The zero-order valence-electron chi connectivity index (χ0n) is 10.4. The van der Waals surface area contributed by atoms with Crippen LogP contribution in [0.25, 0.3) is 0 Å². The van der Waals surface area contributed by atoms with Gasteiger partial charge in [0.25, 0.3) is 0 Å². The van der Waals surface area contributed by atoms with E-state index < -0.39 is 0 Å². The van der Waals surface area contributed by atoms with Crippen molar-refractivity contribution in [2.75, 3.05) is 26.2 Å². The van der Waals surface area contributed by atoms with Crippen LogP contribution in [0.15, 0.2) is 0 Å². The van der Waals surface area contributed by atoms with Gasteiger partial charge in [0.15, 0.2) is 0 Å². The van der Waals surface area contributed by atoms with Crippen LogP contribution < -0.4 is 0 Å². The normalized spacial score (nSPS) is 10.7. The van der Waals surface area contributed by atoms with Crippen LogP contribution in [-0.2, 0) is 9.53 Å². The van der Waals surface area contributed by atoms with Crippen molar-refractivity contribution < 1.29 is 9.53 Å². The second-order valence-corrected chi connectivity index (χ2v) is 3.73. The van der Waals surface area contributed by atoms with Crippen molar-refractivity contribution in [1.82, 2.24) is 4.90 Å². The van der Waals surface area contributed by atoms with E-state index in [1.165, 1.54) is 25.7 Å². The molecular formula is C12H25NO2. The van der Waals surface area contributed by atoms with Crippen LogP contribution in [0.4, 0.5) is 0 Å². The van der Waals surface area contributed by atoms with Crippen molar-refractivity contribution in [3.05, 3.63) is 0 Å². The molecule has 0 unspecified atom stereocenters. The smallest absolute Gasteiger partial charge is 0.320 e. The highest BCUT2D eigenvalue weighted by Crippen LogP contribution is 2.01. The molecular weight excluding hydrogens is 190 g/mol. The molecule has 0 spiro atoms. The molecule has 0 amide bonds. The quantitative estimate of drug-likeness (QED) is 0.437. The van der Waals surface area contributed by atoms with E-state index in [0.29, 0.717) is 13.2 Å². The van der Waals surface area contributed by atoms with Crippen LogP contribution in [0.2, 0.25) is 0 Å². The fraction of sp³-hybridized carbons (Fsp3) is 0.917. The molecule has 0 rings (SSSR count). The number of likely N-dealkylation sites (N-methyl/N-ethyl adjacent to an activating group) is 1. The molecule has 0 heterocycles. The molecule has 3 nitrogen and oxygen atoms in total. The summed E-state index contributed by atoms with van der Waals surface area (Å²) in [7, 11) is 0. The van der Waals surface area contributed by atoms with Crippen molar-refractivity contribution in [3.8, 4) is 0 Å². The minimum atomic E-state index is -0.102. The number of rotatable bonds is 9. The lowest BCUT2D eigenvalue weighted by atomic mass is 10.2. The molecule has 0 N–H and O–H groups in total. The van der Waals surface area contributed by atoms with E-state index in [9.17, 15) is 4.79 Å². The van der Waals surface area contributed by atoms with Gasteiger partial charge in [-0.3, -0.25) is 9.69 Å². The molecule has 0 aromatic heterocycles. The van der Waals surface area contributed by atoms with Gasteiger partial charge in [-0.1, -0.05) is 33.1 Å². The van der Waals surface area contributed by atoms with Crippen molar-refractivity contribution >= 4 is 5.97 Å². The summed E-state index contributed by atoms with van der Waals surface area (Å²) in [5.41, 5.74) is 0. The van der Waals surface area contributed by atoms with Crippen LogP contribution in [0.3, 0.4) is 0 Å². The van der Waals surface area contributed by atoms with Gasteiger partial charge in [0.2, 0.25) is 0 Å². The summed E-state index contributed by atoms with van der Waals surface area (Å²) >= 11 is 0. The fourth-order valence-electron chi connectivity index (χ4n) is 1.50. The maximum absolute atomic E-state index is 11.2. The Hall–Kier alpha value is -0.570. The molecule has 3 heteroatoms. The summed E-state index contributed by atoms with van der Waals surface area (Å²) in [6.45, 7) is 8.98. The molecule has 0 aromatic rings. The molecule has 15 heavy (non-hydrogen) atoms. The maximum Gasteiger partial charge on any atom is 0.320 e. The minimum Gasteiger partial charge on any atom is -0.465 e. The average Bonchev–Trinajstić information content (AvgIpc) is 2.23. The summed E-state index contributed by atoms with van der Waals surface area (Å²) in [6.07, 6.45) is 4.98. The Labute approximate surface area is 93.8 Å². The number of nitrogens with zero attached hydrogens (tertiary/aromatic N) is 1. The van der Waals surface area contributed by atoms with Crippen LogP contribution in [0, 0.1) is 0 Å². The van der Waals surface area contributed by atoms with E-state index >= 15 is 0 Å². The predicted molar refractivity (Wildman–Crippen MR) is 62.9 cm³/mol. The van der Waals surface area contributed by atoms with E-state index in [2.05, 4.69) is 18.7 Å². The van der Waals surface area contributed by atoms with Gasteiger partial charge in [-0.15, -0.1) is 0 Å². The number of hydrogen-bond donors (Lipinski definition) is 0. The molecule has 0 atom stereocenters. The van der Waals surface area contributed by atoms with Crippen molar-refractivity contribution in [2.24, 2.45) is 0 Å². The third-order valence-electron chi connectivity index (χ3n) is 2.43. The SMILES string of the molecule is CCCCCCN(CC)CC(=O)OCC. The largest absolute Gasteiger partial charge is 0.465 e. The van der Waals surface area contributed by atoms with E-state index in [1.54, 1.807) is 0 Å². The topological polar surface area (TPSA) is 29.5 Å². The monoisotopic (exact) mass is 215 g/mol. The molecule has 0 aliphatic rings. The lowest BCUT2D eigenvalue weighted by Crippen LogP contribution is -2.31. The highest BCUT2D eigenvalue weighted by molar-refractivity contribution is 5.71. The highest BCUT2D eigenvalue weighted by Gasteiger charge is 2.08. The summed E-state index contributed by atoms with van der Waals surface area (Å²) in [5.74, 6) is -0.102. The number of ether oxygens (including phenoxy) is 1. The number of carbonyl (C=O) groups excluding carboxylic acids is 1. The standard InChI is InChI=1S/C12H25NO2/c1-4-7-8-9-10-13(5-2)11-12(14)15-6-3/h4-11H2,1-3H3. The number of esters is 1. The Morgan fingerprint density at radius 3 is 2.40 bits per heavy atom. The molecule has 0 bridgehead atoms. The Morgan fingerprint density at radius 2 is 1.87 bits per heavy atom. The lowest BCUT2D eigenvalue weighted by Gasteiger charge is -2.18. The second kappa shape index (κ2) is 9.97. The van der Waals surface area contributed by atoms with Gasteiger partial charge in [0.05, 0.1) is 13.2 Å². The van der Waals surface area contributed by atoms with Gasteiger partial charge < -0.3 is 4.74 Å². The number of unbranched alkanes of at least 4 members (excludes halogenated alkanes) is 3. The molecule has 0 saturated carbocycles. The molecule has 0 aliphatic carbocycles. The van der Waals surface area contributed by atoms with Crippen molar-refractivity contribution in [3.63, 3.8) is 0 Å². The molecule has 0 aliphatic heterocycles. The van der Waals surface area contributed by atoms with Gasteiger partial charge in [0.1, 0.15) is 0 Å². The fourth-order valence-corrected chi connectivity index (χ4v) is 1.50.